The molecule has 1 rings (SSSR count). The number of alkyl halides is 3. The summed E-state index contributed by atoms with van der Waals surface area (Å²) >= 11 is -0.112. The van der Waals surface area contributed by atoms with Crippen LogP contribution in [0.25, 0.3) is 0 Å². The van der Waals surface area contributed by atoms with Gasteiger partial charge in [0.25, 0.3) is 0 Å². The molecule has 102 valence electrons. The molecule has 0 fully saturated rings. The van der Waals surface area contributed by atoms with Crippen LogP contribution in [0, 0.1) is 0 Å². The van der Waals surface area contributed by atoms with E-state index in [4.69, 9.17) is 15.2 Å². The number of thioether (sulfide) groups is 1. The van der Waals surface area contributed by atoms with E-state index in [0.29, 0.717) is 18.0 Å². The van der Waals surface area contributed by atoms with E-state index in [1.54, 1.807) is 18.2 Å². The number of methoxy groups -OCH3 is 1. The lowest BCUT2D eigenvalue weighted by molar-refractivity contribution is -0.0329. The molecule has 7 heteroatoms. The van der Waals surface area contributed by atoms with Gasteiger partial charge in [0.2, 0.25) is 0 Å². The zero-order chi connectivity index (χ0) is 13.6. The second-order valence-electron chi connectivity index (χ2n) is 3.33. The lowest BCUT2D eigenvalue weighted by Crippen LogP contribution is -2.08. The molecule has 0 bridgehead atoms. The van der Waals surface area contributed by atoms with Crippen molar-refractivity contribution < 1.29 is 22.6 Å². The summed E-state index contributed by atoms with van der Waals surface area (Å²) in [6.07, 6.45) is 0. The number of halogens is 3. The average molecular weight is 281 g/mol. The van der Waals surface area contributed by atoms with Crippen LogP contribution in [0.5, 0.6) is 11.5 Å². The van der Waals surface area contributed by atoms with E-state index in [1.807, 2.05) is 0 Å². The molecule has 2 N–H and O–H groups in total. The topological polar surface area (TPSA) is 44.5 Å². The summed E-state index contributed by atoms with van der Waals surface area (Å²) in [7, 11) is 1.47. The number of ether oxygens (including phenoxy) is 2. The Labute approximate surface area is 107 Å². The molecule has 0 atom stereocenters. The van der Waals surface area contributed by atoms with E-state index in [-0.39, 0.29) is 24.1 Å². The van der Waals surface area contributed by atoms with E-state index in [1.165, 1.54) is 7.11 Å². The Morgan fingerprint density at radius 1 is 1.28 bits per heavy atom. The predicted molar refractivity (Wildman–Crippen MR) is 64.9 cm³/mol. The van der Waals surface area contributed by atoms with Gasteiger partial charge in [-0.3, -0.25) is 0 Å². The molecule has 0 aliphatic rings. The molecule has 3 nitrogen and oxygen atoms in total. The highest BCUT2D eigenvalue weighted by Crippen LogP contribution is 2.31. The maximum absolute atomic E-state index is 11.9. The molecular formula is C11H14F3NO2S. The third-order valence-electron chi connectivity index (χ3n) is 2.07. The van der Waals surface area contributed by atoms with Crippen LogP contribution in [0.4, 0.5) is 13.2 Å². The smallest absolute Gasteiger partial charge is 0.441 e. The first-order chi connectivity index (χ1) is 8.46. The van der Waals surface area contributed by atoms with Crippen LogP contribution >= 0.6 is 11.8 Å². The van der Waals surface area contributed by atoms with Gasteiger partial charge in [0.05, 0.1) is 13.7 Å². The standard InChI is InChI=1S/C11H14F3NO2S/c1-16-10-6-8(7-15)2-3-9(10)17-4-5-18-11(12,13)14/h2-3,6H,4-5,7,15H2,1H3. The highest BCUT2D eigenvalue weighted by molar-refractivity contribution is 8.00. The second-order valence-corrected chi connectivity index (χ2v) is 4.49. The summed E-state index contributed by atoms with van der Waals surface area (Å²) < 4.78 is 46.0. The van der Waals surface area contributed by atoms with Crippen molar-refractivity contribution >= 4 is 11.8 Å². The molecule has 0 unspecified atom stereocenters. The average Bonchev–Trinajstić information content (AvgIpc) is 2.33. The monoisotopic (exact) mass is 281 g/mol. The highest BCUT2D eigenvalue weighted by atomic mass is 32.2. The molecule has 0 spiro atoms. The summed E-state index contributed by atoms with van der Waals surface area (Å²) in [5.74, 6) is 0.720. The first-order valence-electron chi connectivity index (χ1n) is 5.16. The van der Waals surface area contributed by atoms with Crippen molar-refractivity contribution in [3.63, 3.8) is 0 Å². The fraction of sp³-hybridized carbons (Fsp3) is 0.455. The maximum atomic E-state index is 11.9. The zero-order valence-electron chi connectivity index (χ0n) is 9.79. The Morgan fingerprint density at radius 2 is 2.00 bits per heavy atom. The van der Waals surface area contributed by atoms with Crippen molar-refractivity contribution in [3.8, 4) is 11.5 Å². The Balaban J connectivity index is 2.51. The summed E-state index contributed by atoms with van der Waals surface area (Å²) in [5.41, 5.74) is 2.11. The van der Waals surface area contributed by atoms with Gasteiger partial charge in [-0.15, -0.1) is 0 Å². The van der Waals surface area contributed by atoms with Gasteiger partial charge in [-0.25, -0.2) is 0 Å². The zero-order valence-corrected chi connectivity index (χ0v) is 10.6. The Kier molecular flexibility index (Phi) is 5.61. The molecule has 0 aromatic heterocycles. The molecule has 0 saturated carbocycles. The molecule has 18 heavy (non-hydrogen) atoms. The molecule has 0 saturated heterocycles. The van der Waals surface area contributed by atoms with Crippen molar-refractivity contribution in [1.82, 2.24) is 0 Å². The highest BCUT2D eigenvalue weighted by Gasteiger charge is 2.27. The summed E-state index contributed by atoms with van der Waals surface area (Å²) in [6, 6.07) is 5.08. The fourth-order valence-corrected chi connectivity index (χ4v) is 1.67. The van der Waals surface area contributed by atoms with E-state index in [9.17, 15) is 13.2 Å². The minimum absolute atomic E-state index is 0.0392. The number of hydrogen-bond acceptors (Lipinski definition) is 4. The number of hydrogen-bond donors (Lipinski definition) is 1. The maximum Gasteiger partial charge on any atom is 0.441 e. The Hall–Kier alpha value is -1.08. The van der Waals surface area contributed by atoms with Gasteiger partial charge in [-0.2, -0.15) is 13.2 Å². The van der Waals surface area contributed by atoms with Crippen LogP contribution in [0.15, 0.2) is 18.2 Å². The van der Waals surface area contributed by atoms with Gasteiger partial charge in [-0.1, -0.05) is 6.07 Å². The molecular weight excluding hydrogens is 267 g/mol. The van der Waals surface area contributed by atoms with Crippen LogP contribution in [0.3, 0.4) is 0 Å². The van der Waals surface area contributed by atoms with Gasteiger partial charge in [0.1, 0.15) is 0 Å². The van der Waals surface area contributed by atoms with Crippen LogP contribution in [0.2, 0.25) is 0 Å². The van der Waals surface area contributed by atoms with Crippen molar-refractivity contribution in [2.75, 3.05) is 19.5 Å². The van der Waals surface area contributed by atoms with Crippen LogP contribution in [-0.4, -0.2) is 25.0 Å². The molecule has 1 aromatic carbocycles. The third kappa shape index (κ3) is 5.05. The molecule has 1 aromatic rings. The van der Waals surface area contributed by atoms with E-state index in [2.05, 4.69) is 0 Å². The van der Waals surface area contributed by atoms with Gasteiger partial charge in [0.15, 0.2) is 11.5 Å². The number of rotatable bonds is 6. The first-order valence-corrected chi connectivity index (χ1v) is 6.15. The minimum Gasteiger partial charge on any atom is -0.493 e. The van der Waals surface area contributed by atoms with Gasteiger partial charge in [0, 0.05) is 12.3 Å². The number of nitrogens with two attached hydrogens (primary N) is 1. The Bertz CT molecular complexity index is 385. The number of benzene rings is 1. The summed E-state index contributed by atoms with van der Waals surface area (Å²) in [6.45, 7) is 0.322. The lowest BCUT2D eigenvalue weighted by atomic mass is 10.2. The first kappa shape index (κ1) is 15.0. The quantitative estimate of drug-likeness (QED) is 0.814. The van der Waals surface area contributed by atoms with Crippen molar-refractivity contribution in [2.24, 2.45) is 5.73 Å². The molecule has 0 aliphatic heterocycles. The van der Waals surface area contributed by atoms with Crippen LogP contribution in [0.1, 0.15) is 5.56 Å². The Morgan fingerprint density at radius 3 is 2.56 bits per heavy atom. The minimum atomic E-state index is -4.23. The van der Waals surface area contributed by atoms with Crippen LogP contribution in [-0.2, 0) is 6.54 Å². The van der Waals surface area contributed by atoms with Crippen molar-refractivity contribution in [3.05, 3.63) is 23.8 Å². The van der Waals surface area contributed by atoms with E-state index >= 15 is 0 Å². The van der Waals surface area contributed by atoms with Crippen molar-refractivity contribution in [1.29, 1.82) is 0 Å². The molecule has 0 aliphatic carbocycles. The van der Waals surface area contributed by atoms with Crippen LogP contribution < -0.4 is 15.2 Å². The van der Waals surface area contributed by atoms with E-state index < -0.39 is 5.51 Å². The molecule has 0 heterocycles. The van der Waals surface area contributed by atoms with Gasteiger partial charge < -0.3 is 15.2 Å². The SMILES string of the molecule is COc1cc(CN)ccc1OCCSC(F)(F)F. The second kappa shape index (κ2) is 6.75. The fourth-order valence-electron chi connectivity index (χ4n) is 1.27. The predicted octanol–water partition coefficient (Wildman–Crippen LogP) is 2.79. The summed E-state index contributed by atoms with van der Waals surface area (Å²) in [4.78, 5) is 0. The van der Waals surface area contributed by atoms with Gasteiger partial charge >= 0.3 is 5.51 Å². The normalized spacial score (nSPS) is 11.4. The largest absolute Gasteiger partial charge is 0.493 e. The molecule has 0 radical (unpaired) electrons. The molecule has 0 amide bonds. The van der Waals surface area contributed by atoms with E-state index in [0.717, 1.165) is 5.56 Å². The summed E-state index contributed by atoms with van der Waals surface area (Å²) in [5, 5.41) is 0. The van der Waals surface area contributed by atoms with Crippen molar-refractivity contribution in [2.45, 2.75) is 12.1 Å². The lowest BCUT2D eigenvalue weighted by Gasteiger charge is -2.12. The third-order valence-corrected chi connectivity index (χ3v) is 2.77. The van der Waals surface area contributed by atoms with Gasteiger partial charge in [-0.05, 0) is 29.5 Å².